The third-order valence-corrected chi connectivity index (χ3v) is 3.56. The van der Waals surface area contributed by atoms with E-state index in [1.165, 1.54) is 19.4 Å². The Morgan fingerprint density at radius 1 is 1.17 bits per heavy atom. The van der Waals surface area contributed by atoms with Gasteiger partial charge in [-0.15, -0.1) is 0 Å². The summed E-state index contributed by atoms with van der Waals surface area (Å²) < 4.78 is 54.0. The van der Waals surface area contributed by atoms with Crippen molar-refractivity contribution in [2.24, 2.45) is 0 Å². The number of halogens is 4. The normalized spacial score (nSPS) is 11.4. The molecule has 0 bridgehead atoms. The van der Waals surface area contributed by atoms with E-state index in [0.29, 0.717) is 36.4 Å². The summed E-state index contributed by atoms with van der Waals surface area (Å²) >= 11 is 6.35. The highest BCUT2D eigenvalue weighted by atomic mass is 35.5. The number of ether oxygens (including phenoxy) is 1. The number of hydrogen-bond donors (Lipinski definition) is 0. The van der Waals surface area contributed by atoms with Gasteiger partial charge in [-0.05, 0) is 13.0 Å². The number of aromatic nitrogens is 2. The molecule has 0 aliphatic carbocycles. The molecule has 0 saturated heterocycles. The van der Waals surface area contributed by atoms with Crippen molar-refractivity contribution in [1.82, 2.24) is 9.97 Å². The Labute approximate surface area is 145 Å². The summed E-state index contributed by atoms with van der Waals surface area (Å²) in [4.78, 5) is 7.76. The van der Waals surface area contributed by atoms with Gasteiger partial charge in [-0.1, -0.05) is 11.6 Å². The van der Waals surface area contributed by atoms with Crippen LogP contribution in [0.3, 0.4) is 0 Å². The maximum absolute atomic E-state index is 12.9. The molecule has 2 heterocycles. The summed E-state index contributed by atoms with van der Waals surface area (Å²) in [6.07, 6.45) is -2.50. The number of methoxy groups -OCH3 is 1. The monoisotopic (exact) mass is 380 g/mol. The molecule has 0 fully saturated rings. The second-order valence-electron chi connectivity index (χ2n) is 4.33. The first kappa shape index (κ1) is 18.6. The number of hydrogen-bond acceptors (Lipinski definition) is 6. The molecule has 2 aromatic rings. The summed E-state index contributed by atoms with van der Waals surface area (Å²) in [5.41, 5.74) is -0.488. The smallest absolute Gasteiger partial charge is 0.418 e. The Hall–Kier alpha value is -1.71. The van der Waals surface area contributed by atoms with Gasteiger partial charge in [0.05, 0.1) is 24.8 Å². The van der Waals surface area contributed by atoms with E-state index in [2.05, 4.69) is 9.97 Å². The fourth-order valence-electron chi connectivity index (χ4n) is 1.73. The van der Waals surface area contributed by atoms with Crippen molar-refractivity contribution < 1.29 is 26.3 Å². The van der Waals surface area contributed by atoms with Gasteiger partial charge in [0.25, 0.3) is 0 Å². The van der Waals surface area contributed by atoms with Crippen LogP contribution in [0.4, 0.5) is 13.2 Å². The van der Waals surface area contributed by atoms with Crippen LogP contribution in [0.5, 0.6) is 11.5 Å². The zero-order valence-corrected chi connectivity index (χ0v) is 14.1. The number of pyridine rings is 2. The predicted molar refractivity (Wildman–Crippen MR) is 83.9 cm³/mol. The van der Waals surface area contributed by atoms with Crippen molar-refractivity contribution in [3.63, 3.8) is 0 Å². The predicted octanol–water partition coefficient (Wildman–Crippen LogP) is 4.80. The molecule has 0 atom stereocenters. The van der Waals surface area contributed by atoms with Gasteiger partial charge < -0.3 is 8.92 Å². The largest absolute Gasteiger partial charge is 0.496 e. The maximum Gasteiger partial charge on any atom is 0.418 e. The molecule has 0 aliphatic rings. The van der Waals surface area contributed by atoms with Crippen LogP contribution in [0.1, 0.15) is 12.5 Å². The van der Waals surface area contributed by atoms with Gasteiger partial charge >= 0.3 is 6.18 Å². The zero-order chi connectivity index (χ0) is 17.7. The third kappa shape index (κ3) is 4.43. The number of rotatable bonds is 6. The Kier molecular flexibility index (Phi) is 6.14. The van der Waals surface area contributed by atoms with Crippen LogP contribution >= 0.6 is 23.9 Å². The molecule has 0 aromatic carbocycles. The van der Waals surface area contributed by atoms with Gasteiger partial charge in [0.15, 0.2) is 5.75 Å². The molecule has 2 rings (SSSR count). The second-order valence-corrected chi connectivity index (χ2v) is 5.26. The Morgan fingerprint density at radius 3 is 2.54 bits per heavy atom. The first-order chi connectivity index (χ1) is 11.4. The quantitative estimate of drug-likeness (QED) is 0.407. The van der Waals surface area contributed by atoms with Crippen molar-refractivity contribution in [2.75, 3.05) is 13.7 Å². The topological polar surface area (TPSA) is 53.5 Å². The van der Waals surface area contributed by atoms with Crippen LogP contribution in [0.25, 0.3) is 11.3 Å². The molecule has 24 heavy (non-hydrogen) atoms. The van der Waals surface area contributed by atoms with Crippen LogP contribution < -0.4 is 8.92 Å². The molecule has 0 amide bonds. The Balaban J connectivity index is 2.52. The molecule has 0 radical (unpaired) electrons. The lowest BCUT2D eigenvalue weighted by atomic mass is 10.1. The van der Waals surface area contributed by atoms with Crippen molar-refractivity contribution >= 4 is 23.9 Å². The van der Waals surface area contributed by atoms with E-state index in [1.54, 1.807) is 6.92 Å². The van der Waals surface area contributed by atoms with E-state index in [4.69, 9.17) is 24.7 Å². The summed E-state index contributed by atoms with van der Waals surface area (Å²) in [6.45, 7) is 2.03. The van der Waals surface area contributed by atoms with E-state index in [9.17, 15) is 13.2 Å². The molecule has 0 aliphatic heterocycles. The minimum atomic E-state index is -4.55. The van der Waals surface area contributed by atoms with Crippen molar-refractivity contribution in [2.45, 2.75) is 13.1 Å². The summed E-state index contributed by atoms with van der Waals surface area (Å²) in [5.74, 6) is 0.166. The highest BCUT2D eigenvalue weighted by Gasteiger charge is 2.32. The van der Waals surface area contributed by atoms with Gasteiger partial charge in [-0.2, -0.15) is 13.2 Å². The number of alkyl halides is 3. The van der Waals surface area contributed by atoms with Gasteiger partial charge in [-0.25, -0.2) is 4.98 Å². The van der Waals surface area contributed by atoms with Crippen molar-refractivity contribution in [1.29, 1.82) is 0 Å². The van der Waals surface area contributed by atoms with Gasteiger partial charge in [0.2, 0.25) is 12.3 Å². The second kappa shape index (κ2) is 7.91. The molecule has 10 heteroatoms. The van der Waals surface area contributed by atoms with Crippen molar-refractivity contribution in [3.8, 4) is 22.8 Å². The van der Waals surface area contributed by atoms with E-state index in [0.717, 1.165) is 6.07 Å². The molecular formula is C14H12ClF3N2O3S. The molecule has 0 saturated carbocycles. The Bertz CT molecular complexity index is 716. The lowest BCUT2D eigenvalue weighted by Crippen LogP contribution is -2.07. The first-order valence-electron chi connectivity index (χ1n) is 6.60. The minimum Gasteiger partial charge on any atom is -0.496 e. The van der Waals surface area contributed by atoms with Crippen LogP contribution in [0.15, 0.2) is 24.5 Å². The average Bonchev–Trinajstić information content (AvgIpc) is 2.54. The lowest BCUT2D eigenvalue weighted by Gasteiger charge is -2.14. The maximum atomic E-state index is 12.9. The molecule has 2 aromatic heterocycles. The fourth-order valence-corrected chi connectivity index (χ4v) is 2.23. The first-order valence-corrected chi connectivity index (χ1v) is 7.64. The lowest BCUT2D eigenvalue weighted by molar-refractivity contribution is -0.137. The highest BCUT2D eigenvalue weighted by molar-refractivity contribution is 7.90. The van der Waals surface area contributed by atoms with E-state index in [1.807, 2.05) is 0 Å². The van der Waals surface area contributed by atoms with Crippen LogP contribution in [0, 0.1) is 0 Å². The van der Waals surface area contributed by atoms with Crippen molar-refractivity contribution in [3.05, 3.63) is 35.2 Å². The molecule has 130 valence electrons. The van der Waals surface area contributed by atoms with Crippen LogP contribution in [0.2, 0.25) is 5.15 Å². The fraction of sp³-hybridized carbons (Fsp3) is 0.286. The molecule has 0 spiro atoms. The highest BCUT2D eigenvalue weighted by Crippen LogP contribution is 2.40. The summed E-state index contributed by atoms with van der Waals surface area (Å²) in [6, 6.07) is 2.26. The van der Waals surface area contributed by atoms with Gasteiger partial charge in [0.1, 0.15) is 16.6 Å². The summed E-state index contributed by atoms with van der Waals surface area (Å²) in [7, 11) is 1.40. The third-order valence-electron chi connectivity index (χ3n) is 2.78. The van der Waals surface area contributed by atoms with E-state index >= 15 is 0 Å². The Morgan fingerprint density at radius 2 is 1.92 bits per heavy atom. The van der Waals surface area contributed by atoms with E-state index in [-0.39, 0.29) is 16.6 Å². The minimum absolute atomic E-state index is 0.121. The molecule has 0 unspecified atom stereocenters. The molecular weight excluding hydrogens is 369 g/mol. The zero-order valence-electron chi connectivity index (χ0n) is 12.6. The number of nitrogens with zero attached hydrogens (tertiary/aromatic N) is 2. The standard InChI is InChI=1S/C14H12ClF3N2O3S/c1-3-22-24-23-11-4-8(14(16,17)18)6-20-13(11)9-7-19-12(15)5-10(9)21-2/h4-7H,3H2,1-2H3. The molecule has 5 nitrogen and oxygen atoms in total. The van der Waals surface area contributed by atoms with Gasteiger partial charge in [-0.3, -0.25) is 9.17 Å². The average molecular weight is 381 g/mol. The van der Waals surface area contributed by atoms with Crippen LogP contribution in [-0.2, 0) is 10.4 Å². The van der Waals surface area contributed by atoms with Gasteiger partial charge in [0, 0.05) is 18.5 Å². The van der Waals surface area contributed by atoms with Crippen LogP contribution in [-0.4, -0.2) is 23.7 Å². The van der Waals surface area contributed by atoms with E-state index < -0.39 is 11.7 Å². The summed E-state index contributed by atoms with van der Waals surface area (Å²) in [5, 5.41) is 0.175. The molecule has 0 N–H and O–H groups in total. The SMILES string of the molecule is CCOSOc1cc(C(F)(F)F)cnc1-c1cnc(Cl)cc1OC.